The van der Waals surface area contributed by atoms with Crippen molar-refractivity contribution in [2.45, 2.75) is 18.2 Å². The Bertz CT molecular complexity index is 988. The topological polar surface area (TPSA) is 71.1 Å². The molecule has 3 aromatic rings. The predicted octanol–water partition coefficient (Wildman–Crippen LogP) is 4.84. The molecule has 134 valence electrons. The number of anilines is 3. The quantitative estimate of drug-likeness (QED) is 0.634. The third kappa shape index (κ3) is 4.33. The second-order valence-corrected chi connectivity index (χ2v) is 7.73. The minimum atomic E-state index is -3.65. The summed E-state index contributed by atoms with van der Waals surface area (Å²) in [4.78, 5) is 4.44. The maximum atomic E-state index is 12.4. The van der Waals surface area contributed by atoms with Gasteiger partial charge in [-0.25, -0.2) is 13.4 Å². The minimum absolute atomic E-state index is 0.216. The number of halogens is 1. The summed E-state index contributed by atoms with van der Waals surface area (Å²) >= 11 is 6.10. The summed E-state index contributed by atoms with van der Waals surface area (Å²) < 4.78 is 27.4. The summed E-state index contributed by atoms with van der Waals surface area (Å²) in [5.74, 6) is 0.563. The van der Waals surface area contributed by atoms with Crippen LogP contribution in [0.25, 0.3) is 0 Å². The third-order valence-corrected chi connectivity index (χ3v) is 5.52. The normalized spacial score (nSPS) is 11.2. The number of para-hydroxylation sites is 1. The van der Waals surface area contributed by atoms with Crippen LogP contribution in [0.2, 0.25) is 5.02 Å². The van der Waals surface area contributed by atoms with E-state index in [9.17, 15) is 8.42 Å². The van der Waals surface area contributed by atoms with E-state index in [1.807, 2.05) is 37.3 Å². The van der Waals surface area contributed by atoms with E-state index >= 15 is 0 Å². The van der Waals surface area contributed by atoms with Crippen molar-refractivity contribution in [3.63, 3.8) is 0 Å². The molecule has 1 heterocycles. The average molecular weight is 388 g/mol. The number of pyridine rings is 1. The van der Waals surface area contributed by atoms with Gasteiger partial charge in [-0.15, -0.1) is 0 Å². The van der Waals surface area contributed by atoms with Gasteiger partial charge in [0.2, 0.25) is 0 Å². The first-order chi connectivity index (χ1) is 12.5. The summed E-state index contributed by atoms with van der Waals surface area (Å²) in [6.45, 7) is 2.02. The molecule has 2 N–H and O–H groups in total. The van der Waals surface area contributed by atoms with Crippen LogP contribution in [0, 0.1) is 0 Å². The first-order valence-corrected chi connectivity index (χ1v) is 9.93. The van der Waals surface area contributed by atoms with Crippen molar-refractivity contribution < 1.29 is 8.42 Å². The summed E-state index contributed by atoms with van der Waals surface area (Å²) in [7, 11) is -3.65. The largest absolute Gasteiger partial charge is 0.339 e. The Labute approximate surface area is 158 Å². The van der Waals surface area contributed by atoms with Crippen LogP contribution in [0.5, 0.6) is 0 Å². The van der Waals surface area contributed by atoms with E-state index in [2.05, 4.69) is 15.0 Å². The number of aryl methyl sites for hydroxylation is 1. The van der Waals surface area contributed by atoms with Crippen LogP contribution in [0.1, 0.15) is 12.5 Å². The molecule has 0 aliphatic rings. The molecular formula is C19H18ClN3O2S. The molecule has 1 aromatic heterocycles. The molecular weight excluding hydrogens is 370 g/mol. The van der Waals surface area contributed by atoms with Gasteiger partial charge in [0.05, 0.1) is 27.5 Å². The standard InChI is InChI=1S/C19H18ClN3O2S/c1-2-14-7-10-16(11-8-14)26(24,25)23-15-9-12-19(21-13-15)22-18-6-4-3-5-17(18)20/h3-13,23H,2H2,1H3,(H,21,22). The molecule has 0 aliphatic carbocycles. The van der Waals surface area contributed by atoms with E-state index in [0.29, 0.717) is 16.5 Å². The Kier molecular flexibility index (Phi) is 5.44. The summed E-state index contributed by atoms with van der Waals surface area (Å²) in [5, 5.41) is 3.66. The number of benzene rings is 2. The molecule has 0 unspecified atom stereocenters. The van der Waals surface area contributed by atoms with Gasteiger partial charge in [0, 0.05) is 0 Å². The van der Waals surface area contributed by atoms with Crippen LogP contribution in [-0.2, 0) is 16.4 Å². The van der Waals surface area contributed by atoms with Crippen LogP contribution < -0.4 is 10.0 Å². The van der Waals surface area contributed by atoms with E-state index < -0.39 is 10.0 Å². The van der Waals surface area contributed by atoms with Crippen LogP contribution in [-0.4, -0.2) is 13.4 Å². The smallest absolute Gasteiger partial charge is 0.261 e. The lowest BCUT2D eigenvalue weighted by molar-refractivity contribution is 0.601. The van der Waals surface area contributed by atoms with Crippen molar-refractivity contribution in [1.82, 2.24) is 4.98 Å². The third-order valence-electron chi connectivity index (χ3n) is 3.79. The van der Waals surface area contributed by atoms with E-state index in [1.54, 1.807) is 30.3 Å². The predicted molar refractivity (Wildman–Crippen MR) is 106 cm³/mol. The Morgan fingerprint density at radius 3 is 2.35 bits per heavy atom. The zero-order chi connectivity index (χ0) is 18.6. The van der Waals surface area contributed by atoms with Crippen LogP contribution in [0.15, 0.2) is 71.8 Å². The number of nitrogens with zero attached hydrogens (tertiary/aromatic N) is 1. The molecule has 0 saturated heterocycles. The molecule has 0 fully saturated rings. The highest BCUT2D eigenvalue weighted by Gasteiger charge is 2.14. The number of hydrogen-bond donors (Lipinski definition) is 2. The molecule has 2 aromatic carbocycles. The highest BCUT2D eigenvalue weighted by atomic mass is 35.5. The van der Waals surface area contributed by atoms with Crippen LogP contribution >= 0.6 is 11.6 Å². The van der Waals surface area contributed by atoms with Gasteiger partial charge >= 0.3 is 0 Å². The summed E-state index contributed by atoms with van der Waals surface area (Å²) in [6, 6.07) is 17.4. The van der Waals surface area contributed by atoms with Crippen LogP contribution in [0.3, 0.4) is 0 Å². The molecule has 3 rings (SSSR count). The number of nitrogens with one attached hydrogen (secondary N) is 2. The average Bonchev–Trinajstić information content (AvgIpc) is 2.65. The van der Waals surface area contributed by atoms with Gasteiger partial charge in [0.25, 0.3) is 10.0 Å². The maximum Gasteiger partial charge on any atom is 0.261 e. The van der Waals surface area contributed by atoms with Crippen molar-refractivity contribution in [2.24, 2.45) is 0 Å². The van der Waals surface area contributed by atoms with E-state index in [0.717, 1.165) is 17.7 Å². The molecule has 26 heavy (non-hydrogen) atoms. The van der Waals surface area contributed by atoms with Crippen molar-refractivity contribution in [2.75, 3.05) is 10.0 Å². The molecule has 5 nitrogen and oxygen atoms in total. The highest BCUT2D eigenvalue weighted by Crippen LogP contribution is 2.24. The zero-order valence-corrected chi connectivity index (χ0v) is 15.7. The highest BCUT2D eigenvalue weighted by molar-refractivity contribution is 7.92. The van der Waals surface area contributed by atoms with Gasteiger partial charge in [-0.1, -0.05) is 42.8 Å². The van der Waals surface area contributed by atoms with Crippen molar-refractivity contribution in [3.8, 4) is 0 Å². The van der Waals surface area contributed by atoms with Gasteiger partial charge in [-0.3, -0.25) is 4.72 Å². The van der Waals surface area contributed by atoms with E-state index in [-0.39, 0.29) is 4.90 Å². The molecule has 0 aliphatic heterocycles. The van der Waals surface area contributed by atoms with Crippen molar-refractivity contribution >= 4 is 38.8 Å². The molecule has 7 heteroatoms. The lowest BCUT2D eigenvalue weighted by Gasteiger charge is -2.10. The number of rotatable bonds is 6. The zero-order valence-electron chi connectivity index (χ0n) is 14.1. The molecule has 0 saturated carbocycles. The fourth-order valence-electron chi connectivity index (χ4n) is 2.35. The monoisotopic (exact) mass is 387 g/mol. The molecule has 0 atom stereocenters. The van der Waals surface area contributed by atoms with Gasteiger partial charge in [0.15, 0.2) is 0 Å². The number of sulfonamides is 1. The molecule has 0 amide bonds. The first kappa shape index (κ1) is 18.2. The second-order valence-electron chi connectivity index (χ2n) is 5.64. The van der Waals surface area contributed by atoms with Gasteiger partial charge < -0.3 is 5.32 Å². The number of hydrogen-bond acceptors (Lipinski definition) is 4. The second kappa shape index (κ2) is 7.76. The SMILES string of the molecule is CCc1ccc(S(=O)(=O)Nc2ccc(Nc3ccccc3Cl)nc2)cc1. The summed E-state index contributed by atoms with van der Waals surface area (Å²) in [6.07, 6.45) is 2.31. The van der Waals surface area contributed by atoms with Crippen molar-refractivity contribution in [3.05, 3.63) is 77.4 Å². The lowest BCUT2D eigenvalue weighted by Crippen LogP contribution is -2.13. The fraction of sp³-hybridized carbons (Fsp3) is 0.105. The van der Waals surface area contributed by atoms with Crippen LogP contribution in [0.4, 0.5) is 17.2 Å². The molecule has 0 spiro atoms. The van der Waals surface area contributed by atoms with Crippen molar-refractivity contribution in [1.29, 1.82) is 0 Å². The Hall–Kier alpha value is -2.57. The maximum absolute atomic E-state index is 12.4. The number of aromatic nitrogens is 1. The van der Waals surface area contributed by atoms with Gasteiger partial charge in [0.1, 0.15) is 5.82 Å². The van der Waals surface area contributed by atoms with E-state index in [4.69, 9.17) is 11.6 Å². The fourth-order valence-corrected chi connectivity index (χ4v) is 3.57. The Balaban J connectivity index is 1.73. The van der Waals surface area contributed by atoms with Gasteiger partial charge in [-0.05, 0) is 48.4 Å². The lowest BCUT2D eigenvalue weighted by atomic mass is 10.2. The Morgan fingerprint density at radius 1 is 1.00 bits per heavy atom. The molecule has 0 bridgehead atoms. The van der Waals surface area contributed by atoms with E-state index in [1.165, 1.54) is 6.20 Å². The minimum Gasteiger partial charge on any atom is -0.339 e. The summed E-state index contributed by atoms with van der Waals surface area (Å²) in [5.41, 5.74) is 2.20. The molecule has 0 radical (unpaired) electrons. The van der Waals surface area contributed by atoms with Gasteiger partial charge in [-0.2, -0.15) is 0 Å². The first-order valence-electron chi connectivity index (χ1n) is 8.07. The Morgan fingerprint density at radius 2 is 1.73 bits per heavy atom.